The van der Waals surface area contributed by atoms with E-state index in [4.69, 9.17) is 0 Å². The van der Waals surface area contributed by atoms with Crippen LogP contribution in [0.15, 0.2) is 0 Å². The van der Waals surface area contributed by atoms with Gasteiger partial charge in [-0.2, -0.15) is 8.78 Å². The number of nitrogens with one attached hydrogen (secondary N) is 1. The van der Waals surface area contributed by atoms with Gasteiger partial charge in [-0.3, -0.25) is 4.39 Å². The molecule has 0 aliphatic heterocycles. The smallest absolute Gasteiger partial charge is 0.311 e. The van der Waals surface area contributed by atoms with E-state index in [2.05, 4.69) is 0 Å². The molecule has 0 saturated heterocycles. The van der Waals surface area contributed by atoms with Crippen LogP contribution < -0.4 is 5.32 Å². The molecule has 0 aliphatic carbocycles. The first-order valence-corrected chi connectivity index (χ1v) is 3.43. The average Bonchev–Trinajstić information content (AvgIpc) is 1.98. The van der Waals surface area contributed by atoms with Gasteiger partial charge in [0.1, 0.15) is 0 Å². The van der Waals surface area contributed by atoms with Crippen molar-refractivity contribution < 1.29 is 22.0 Å². The van der Waals surface area contributed by atoms with Crippen molar-refractivity contribution in [2.24, 2.45) is 0 Å². The fourth-order valence-electron chi connectivity index (χ4n) is 0.524. The van der Waals surface area contributed by atoms with E-state index < -0.39 is 25.6 Å². The third-order valence-electron chi connectivity index (χ3n) is 1.17. The Morgan fingerprint density at radius 1 is 1.25 bits per heavy atom. The maximum atomic E-state index is 12.1. The Morgan fingerprint density at radius 2 is 1.83 bits per heavy atom. The summed E-state index contributed by atoms with van der Waals surface area (Å²) < 4.78 is 58.4. The summed E-state index contributed by atoms with van der Waals surface area (Å²) in [6, 6.07) is 0. The first kappa shape index (κ1) is 11.6. The van der Waals surface area contributed by atoms with Gasteiger partial charge in [0, 0.05) is 0 Å². The van der Waals surface area contributed by atoms with Crippen LogP contribution in [0.5, 0.6) is 0 Å². The van der Waals surface area contributed by atoms with E-state index in [1.54, 1.807) is 0 Å². The lowest BCUT2D eigenvalue weighted by Gasteiger charge is -2.15. The van der Waals surface area contributed by atoms with E-state index in [0.29, 0.717) is 0 Å². The maximum absolute atomic E-state index is 12.1. The van der Waals surface area contributed by atoms with E-state index in [0.717, 1.165) is 0 Å². The second-order valence-electron chi connectivity index (χ2n) is 2.28. The van der Waals surface area contributed by atoms with Crippen molar-refractivity contribution in [3.63, 3.8) is 0 Å². The van der Waals surface area contributed by atoms with Crippen molar-refractivity contribution in [3.05, 3.63) is 0 Å². The topological polar surface area (TPSA) is 12.0 Å². The lowest BCUT2D eigenvalue weighted by Crippen LogP contribution is -2.39. The van der Waals surface area contributed by atoms with Crippen LogP contribution in [0.3, 0.4) is 0 Å². The predicted octanol–water partition coefficient (Wildman–Crippen LogP) is 1.84. The van der Waals surface area contributed by atoms with Gasteiger partial charge >= 0.3 is 12.3 Å². The third-order valence-corrected chi connectivity index (χ3v) is 1.17. The molecule has 0 saturated carbocycles. The molecule has 0 rings (SSSR count). The summed E-state index contributed by atoms with van der Waals surface area (Å²) in [5, 5.41) is 2.04. The normalized spacial score (nSPS) is 12.5. The Labute approximate surface area is 66.9 Å². The van der Waals surface area contributed by atoms with Gasteiger partial charge < -0.3 is 5.32 Å². The summed E-state index contributed by atoms with van der Waals surface area (Å²) in [4.78, 5) is 0. The minimum Gasteiger partial charge on any atom is -0.311 e. The molecule has 0 amide bonds. The highest BCUT2D eigenvalue weighted by atomic mass is 19.3. The summed E-state index contributed by atoms with van der Waals surface area (Å²) in [6.45, 7) is -1.77. The van der Waals surface area contributed by atoms with E-state index in [9.17, 15) is 22.0 Å². The lowest BCUT2D eigenvalue weighted by molar-refractivity contribution is -0.125. The van der Waals surface area contributed by atoms with Crippen LogP contribution in [0.4, 0.5) is 22.0 Å². The van der Waals surface area contributed by atoms with E-state index in [1.807, 2.05) is 5.32 Å². The molecule has 0 aromatic heterocycles. The van der Waals surface area contributed by atoms with Crippen molar-refractivity contribution >= 4 is 0 Å². The molecule has 0 radical (unpaired) electrons. The second kappa shape index (κ2) is 5.29. The van der Waals surface area contributed by atoms with Gasteiger partial charge in [0.15, 0.2) is 0 Å². The maximum Gasteiger partial charge on any atom is 0.319 e. The van der Waals surface area contributed by atoms with Crippen LogP contribution in [0, 0.1) is 0 Å². The molecule has 6 heteroatoms. The minimum absolute atomic E-state index is 0.0151. The van der Waals surface area contributed by atoms with Crippen molar-refractivity contribution in [3.8, 4) is 0 Å². The van der Waals surface area contributed by atoms with Crippen LogP contribution in [0.25, 0.3) is 0 Å². The summed E-state index contributed by atoms with van der Waals surface area (Å²) in [5.41, 5.74) is 0. The Hall–Kier alpha value is -0.390. The first-order valence-electron chi connectivity index (χ1n) is 3.43. The summed E-state index contributed by atoms with van der Waals surface area (Å²) in [6.07, 6.45) is -3.62. The molecule has 0 aliphatic rings. The van der Waals surface area contributed by atoms with Crippen LogP contribution in [-0.2, 0) is 0 Å². The zero-order chi connectivity index (χ0) is 9.61. The highest BCUT2D eigenvalue weighted by Crippen LogP contribution is 2.21. The molecular weight excluding hydrogens is 181 g/mol. The van der Waals surface area contributed by atoms with Crippen molar-refractivity contribution in [2.45, 2.75) is 18.8 Å². The zero-order valence-corrected chi connectivity index (χ0v) is 6.30. The highest BCUT2D eigenvalue weighted by molar-refractivity contribution is 4.71. The zero-order valence-electron chi connectivity index (χ0n) is 6.30. The molecule has 0 heterocycles. The predicted molar refractivity (Wildman–Crippen MR) is 34.4 cm³/mol. The molecule has 0 atom stereocenters. The monoisotopic (exact) mass is 191 g/mol. The molecular formula is C6H10F5N. The SMILES string of the molecule is FCCCNCC(F)(F)C(F)F. The number of halogens is 5. The minimum atomic E-state index is -4.02. The summed E-state index contributed by atoms with van der Waals surface area (Å²) >= 11 is 0. The molecule has 0 aromatic carbocycles. The fourth-order valence-corrected chi connectivity index (χ4v) is 0.524. The Bertz CT molecular complexity index is 117. The number of hydrogen-bond donors (Lipinski definition) is 1. The van der Waals surface area contributed by atoms with Crippen molar-refractivity contribution in [2.75, 3.05) is 19.8 Å². The fraction of sp³-hybridized carbons (Fsp3) is 1.00. The van der Waals surface area contributed by atoms with Crippen LogP contribution in [0.1, 0.15) is 6.42 Å². The van der Waals surface area contributed by atoms with Gasteiger partial charge in [-0.05, 0) is 13.0 Å². The van der Waals surface area contributed by atoms with E-state index in [-0.39, 0.29) is 13.0 Å². The van der Waals surface area contributed by atoms with Crippen LogP contribution >= 0.6 is 0 Å². The molecule has 1 nitrogen and oxygen atoms in total. The largest absolute Gasteiger partial charge is 0.319 e. The van der Waals surface area contributed by atoms with E-state index >= 15 is 0 Å². The van der Waals surface area contributed by atoms with Gasteiger partial charge in [-0.25, -0.2) is 8.78 Å². The van der Waals surface area contributed by atoms with Gasteiger partial charge in [0.25, 0.3) is 0 Å². The summed E-state index contributed by atoms with van der Waals surface area (Å²) in [5.74, 6) is -4.02. The third kappa shape index (κ3) is 4.48. The number of hydrogen-bond acceptors (Lipinski definition) is 1. The average molecular weight is 191 g/mol. The van der Waals surface area contributed by atoms with Gasteiger partial charge in [0.2, 0.25) is 0 Å². The second-order valence-corrected chi connectivity index (χ2v) is 2.28. The summed E-state index contributed by atoms with van der Waals surface area (Å²) in [7, 11) is 0. The molecule has 1 N–H and O–H groups in total. The van der Waals surface area contributed by atoms with Gasteiger partial charge in [0.05, 0.1) is 13.2 Å². The van der Waals surface area contributed by atoms with Crippen molar-refractivity contribution in [1.29, 1.82) is 0 Å². The molecule has 12 heavy (non-hydrogen) atoms. The number of rotatable bonds is 6. The molecule has 0 bridgehead atoms. The van der Waals surface area contributed by atoms with Gasteiger partial charge in [-0.15, -0.1) is 0 Å². The molecule has 0 aromatic rings. The molecule has 74 valence electrons. The van der Waals surface area contributed by atoms with E-state index in [1.165, 1.54) is 0 Å². The molecule has 0 unspecified atom stereocenters. The molecule has 0 fully saturated rings. The Kier molecular flexibility index (Phi) is 5.12. The molecule has 0 spiro atoms. The number of alkyl halides is 5. The van der Waals surface area contributed by atoms with Gasteiger partial charge in [-0.1, -0.05) is 0 Å². The first-order chi connectivity index (χ1) is 5.50. The standard InChI is InChI=1S/C6H10F5N/c7-2-1-3-12-4-6(10,11)5(8)9/h5,12H,1-4H2. The highest BCUT2D eigenvalue weighted by Gasteiger charge is 2.39. The van der Waals surface area contributed by atoms with Crippen LogP contribution in [-0.4, -0.2) is 32.1 Å². The lowest BCUT2D eigenvalue weighted by atomic mass is 10.3. The Balaban J connectivity index is 3.47. The van der Waals surface area contributed by atoms with Crippen LogP contribution in [0.2, 0.25) is 0 Å². The Morgan fingerprint density at radius 3 is 2.25 bits per heavy atom. The quantitative estimate of drug-likeness (QED) is 0.499. The van der Waals surface area contributed by atoms with Crippen molar-refractivity contribution in [1.82, 2.24) is 5.32 Å².